The largest absolute Gasteiger partial charge is 0.395 e. The molecule has 16 heavy (non-hydrogen) atoms. The quantitative estimate of drug-likeness (QED) is 0.740. The summed E-state index contributed by atoms with van der Waals surface area (Å²) in [7, 11) is 0. The van der Waals surface area contributed by atoms with Crippen molar-refractivity contribution < 1.29 is 9.90 Å². The Bertz CT molecular complexity index is 233. The minimum absolute atomic E-state index is 0.0345. The van der Waals surface area contributed by atoms with Gasteiger partial charge in [0, 0.05) is 25.0 Å². The van der Waals surface area contributed by atoms with Crippen LogP contribution in [-0.4, -0.2) is 41.7 Å². The molecule has 3 unspecified atom stereocenters. The van der Waals surface area contributed by atoms with Crippen LogP contribution in [0.3, 0.4) is 0 Å². The van der Waals surface area contributed by atoms with Crippen molar-refractivity contribution in [2.45, 2.75) is 39.2 Å². The van der Waals surface area contributed by atoms with Gasteiger partial charge in [-0.1, -0.05) is 13.3 Å². The molecular weight excluding hydrogens is 204 g/mol. The number of nitrogens with two attached hydrogens (primary N) is 1. The minimum Gasteiger partial charge on any atom is -0.395 e. The van der Waals surface area contributed by atoms with Crippen LogP contribution in [0.2, 0.25) is 0 Å². The predicted molar refractivity (Wildman–Crippen MR) is 63.8 cm³/mol. The van der Waals surface area contributed by atoms with Gasteiger partial charge in [0.2, 0.25) is 5.91 Å². The normalized spacial score (nSPS) is 30.1. The van der Waals surface area contributed by atoms with Gasteiger partial charge >= 0.3 is 0 Å². The highest BCUT2D eigenvalue weighted by atomic mass is 16.3. The smallest absolute Gasteiger partial charge is 0.226 e. The molecule has 0 saturated heterocycles. The molecule has 4 heteroatoms. The Labute approximate surface area is 97.8 Å². The second-order valence-corrected chi connectivity index (χ2v) is 4.70. The van der Waals surface area contributed by atoms with E-state index in [4.69, 9.17) is 10.8 Å². The SMILES string of the molecule is CCN(CCO)C(=O)C1CCCC(N)C1C. The van der Waals surface area contributed by atoms with Crippen molar-refractivity contribution >= 4 is 5.91 Å². The zero-order chi connectivity index (χ0) is 12.1. The molecule has 1 fully saturated rings. The Morgan fingerprint density at radius 3 is 2.75 bits per heavy atom. The number of likely N-dealkylation sites (N-methyl/N-ethyl adjacent to an activating group) is 1. The fourth-order valence-electron chi connectivity index (χ4n) is 2.53. The number of carbonyl (C=O) groups excluding carboxylic acids is 1. The lowest BCUT2D eigenvalue weighted by molar-refractivity contribution is -0.138. The zero-order valence-electron chi connectivity index (χ0n) is 10.4. The average Bonchev–Trinajstić information content (AvgIpc) is 2.29. The number of rotatable bonds is 4. The van der Waals surface area contributed by atoms with Crippen LogP contribution in [0.4, 0.5) is 0 Å². The lowest BCUT2D eigenvalue weighted by Gasteiger charge is -2.35. The first-order chi connectivity index (χ1) is 7.61. The van der Waals surface area contributed by atoms with Gasteiger partial charge in [0.1, 0.15) is 0 Å². The van der Waals surface area contributed by atoms with Gasteiger partial charge in [0.25, 0.3) is 0 Å². The van der Waals surface area contributed by atoms with E-state index >= 15 is 0 Å². The number of nitrogens with zero attached hydrogens (tertiary/aromatic N) is 1. The lowest BCUT2D eigenvalue weighted by Crippen LogP contribution is -2.46. The standard InChI is InChI=1S/C12H24N2O2/c1-3-14(7-8-15)12(16)10-5-4-6-11(13)9(10)2/h9-11,15H,3-8,13H2,1-2H3. The summed E-state index contributed by atoms with van der Waals surface area (Å²) in [5.74, 6) is 0.475. The molecule has 0 radical (unpaired) electrons. The van der Waals surface area contributed by atoms with Crippen molar-refractivity contribution in [3.8, 4) is 0 Å². The van der Waals surface area contributed by atoms with Gasteiger partial charge in [-0.25, -0.2) is 0 Å². The van der Waals surface area contributed by atoms with E-state index in [0.29, 0.717) is 13.1 Å². The maximum Gasteiger partial charge on any atom is 0.226 e. The van der Waals surface area contributed by atoms with E-state index < -0.39 is 0 Å². The summed E-state index contributed by atoms with van der Waals surface area (Å²) in [5, 5.41) is 8.91. The molecule has 3 N–H and O–H groups in total. The summed E-state index contributed by atoms with van der Waals surface area (Å²) in [6.45, 7) is 5.15. The molecule has 0 heterocycles. The molecule has 1 aliphatic carbocycles. The molecule has 94 valence electrons. The summed E-state index contributed by atoms with van der Waals surface area (Å²) in [6, 6.07) is 0.149. The number of hydrogen-bond acceptors (Lipinski definition) is 3. The molecule has 1 rings (SSSR count). The van der Waals surface area contributed by atoms with E-state index in [0.717, 1.165) is 19.3 Å². The second kappa shape index (κ2) is 6.21. The molecule has 0 aromatic heterocycles. The Morgan fingerprint density at radius 1 is 1.50 bits per heavy atom. The monoisotopic (exact) mass is 228 g/mol. The van der Waals surface area contributed by atoms with E-state index in [-0.39, 0.29) is 30.4 Å². The predicted octanol–water partition coefficient (Wildman–Crippen LogP) is 0.591. The van der Waals surface area contributed by atoms with Crippen LogP contribution in [0.25, 0.3) is 0 Å². The van der Waals surface area contributed by atoms with Crippen molar-refractivity contribution in [1.82, 2.24) is 4.90 Å². The van der Waals surface area contributed by atoms with Crippen LogP contribution < -0.4 is 5.73 Å². The Kier molecular flexibility index (Phi) is 5.22. The molecular formula is C12H24N2O2. The van der Waals surface area contributed by atoms with Gasteiger partial charge in [0.05, 0.1) is 6.61 Å². The van der Waals surface area contributed by atoms with E-state index in [1.807, 2.05) is 6.92 Å². The van der Waals surface area contributed by atoms with Gasteiger partial charge in [-0.15, -0.1) is 0 Å². The van der Waals surface area contributed by atoms with Crippen molar-refractivity contribution in [3.63, 3.8) is 0 Å². The molecule has 0 aromatic rings. The van der Waals surface area contributed by atoms with E-state index in [9.17, 15) is 4.79 Å². The Balaban J connectivity index is 2.63. The number of amides is 1. The molecule has 1 amide bonds. The van der Waals surface area contributed by atoms with Gasteiger partial charge < -0.3 is 15.7 Å². The summed E-state index contributed by atoms with van der Waals surface area (Å²) >= 11 is 0. The Hall–Kier alpha value is -0.610. The molecule has 1 saturated carbocycles. The fourth-order valence-corrected chi connectivity index (χ4v) is 2.53. The molecule has 0 aliphatic heterocycles. The lowest BCUT2D eigenvalue weighted by atomic mass is 9.76. The Morgan fingerprint density at radius 2 is 2.19 bits per heavy atom. The van der Waals surface area contributed by atoms with Crippen molar-refractivity contribution in [2.24, 2.45) is 17.6 Å². The highest BCUT2D eigenvalue weighted by Crippen LogP contribution is 2.30. The van der Waals surface area contributed by atoms with Gasteiger partial charge in [-0.05, 0) is 25.7 Å². The molecule has 3 atom stereocenters. The molecule has 4 nitrogen and oxygen atoms in total. The third-order valence-corrected chi connectivity index (χ3v) is 3.74. The van der Waals surface area contributed by atoms with Crippen molar-refractivity contribution in [3.05, 3.63) is 0 Å². The van der Waals surface area contributed by atoms with Gasteiger partial charge in [0.15, 0.2) is 0 Å². The first-order valence-corrected chi connectivity index (χ1v) is 6.27. The van der Waals surface area contributed by atoms with Crippen molar-refractivity contribution in [2.75, 3.05) is 19.7 Å². The summed E-state index contributed by atoms with van der Waals surface area (Å²) in [5.41, 5.74) is 6.00. The van der Waals surface area contributed by atoms with Crippen LogP contribution in [0.1, 0.15) is 33.1 Å². The fraction of sp³-hybridized carbons (Fsp3) is 0.917. The number of hydrogen-bond donors (Lipinski definition) is 2. The third kappa shape index (κ3) is 2.95. The zero-order valence-corrected chi connectivity index (χ0v) is 10.4. The van der Waals surface area contributed by atoms with Crippen LogP contribution in [0, 0.1) is 11.8 Å². The van der Waals surface area contributed by atoms with E-state index in [1.165, 1.54) is 0 Å². The third-order valence-electron chi connectivity index (χ3n) is 3.74. The second-order valence-electron chi connectivity index (χ2n) is 4.70. The summed E-state index contributed by atoms with van der Waals surface area (Å²) in [6.07, 6.45) is 3.01. The van der Waals surface area contributed by atoms with Gasteiger partial charge in [-0.2, -0.15) is 0 Å². The first-order valence-electron chi connectivity index (χ1n) is 6.27. The van der Waals surface area contributed by atoms with Crippen LogP contribution in [-0.2, 0) is 4.79 Å². The topological polar surface area (TPSA) is 66.6 Å². The van der Waals surface area contributed by atoms with Crippen LogP contribution in [0.15, 0.2) is 0 Å². The maximum absolute atomic E-state index is 12.2. The van der Waals surface area contributed by atoms with Crippen molar-refractivity contribution in [1.29, 1.82) is 0 Å². The minimum atomic E-state index is 0.0345. The molecule has 0 aromatic carbocycles. The maximum atomic E-state index is 12.2. The van der Waals surface area contributed by atoms with Gasteiger partial charge in [-0.3, -0.25) is 4.79 Å². The molecule has 0 bridgehead atoms. The van der Waals surface area contributed by atoms with E-state index in [1.54, 1.807) is 4.90 Å². The highest BCUT2D eigenvalue weighted by molar-refractivity contribution is 5.79. The summed E-state index contributed by atoms with van der Waals surface area (Å²) in [4.78, 5) is 14.0. The molecule has 1 aliphatic rings. The van der Waals surface area contributed by atoms with Crippen LogP contribution >= 0.6 is 0 Å². The average molecular weight is 228 g/mol. The first kappa shape index (κ1) is 13.5. The highest BCUT2D eigenvalue weighted by Gasteiger charge is 2.34. The van der Waals surface area contributed by atoms with E-state index in [2.05, 4.69) is 6.92 Å². The molecule has 0 spiro atoms. The summed E-state index contributed by atoms with van der Waals surface area (Å²) < 4.78 is 0. The van der Waals surface area contributed by atoms with Crippen LogP contribution in [0.5, 0.6) is 0 Å². The number of carbonyl (C=O) groups is 1. The number of aliphatic hydroxyl groups excluding tert-OH is 1. The number of aliphatic hydroxyl groups is 1.